The molecule has 0 saturated carbocycles. The smallest absolute Gasteiger partial charge is 0.136 e. The van der Waals surface area contributed by atoms with Gasteiger partial charge in [0, 0.05) is 13.1 Å². The second kappa shape index (κ2) is 4.53. The Morgan fingerprint density at radius 1 is 1.42 bits per heavy atom. The summed E-state index contributed by atoms with van der Waals surface area (Å²) in [7, 11) is 0. The minimum absolute atomic E-state index is 0.144. The summed E-state index contributed by atoms with van der Waals surface area (Å²) in [6.07, 6.45) is 1.45. The summed E-state index contributed by atoms with van der Waals surface area (Å²) >= 11 is 0. The van der Waals surface area contributed by atoms with Gasteiger partial charge in [0.15, 0.2) is 0 Å². The van der Waals surface area contributed by atoms with Gasteiger partial charge in [0.05, 0.1) is 11.7 Å². The van der Waals surface area contributed by atoms with Crippen LogP contribution in [0.5, 0.6) is 0 Å². The maximum absolute atomic E-state index is 10.9. The summed E-state index contributed by atoms with van der Waals surface area (Å²) < 4.78 is 6.30. The Kier molecular flexibility index (Phi) is 2.97. The number of nitrogens with zero attached hydrogens (tertiary/aromatic N) is 1. The van der Waals surface area contributed by atoms with Crippen molar-refractivity contribution in [1.29, 1.82) is 0 Å². The normalized spacial score (nSPS) is 24.5. The summed E-state index contributed by atoms with van der Waals surface area (Å²) in [5.41, 5.74) is 2.23. The van der Waals surface area contributed by atoms with Crippen molar-refractivity contribution in [3.63, 3.8) is 0 Å². The van der Waals surface area contributed by atoms with Crippen molar-refractivity contribution >= 4 is 6.09 Å². The predicted molar refractivity (Wildman–Crippen MR) is 68.4 cm³/mol. The SMILES string of the molecule is CCC1OC2(CCN(C(=O)[O-])CC2)c2ccccc21. The molecule has 0 aliphatic carbocycles. The first-order chi connectivity index (χ1) is 9.16. The van der Waals surface area contributed by atoms with Gasteiger partial charge in [-0.05, 0) is 30.4 Å². The van der Waals surface area contributed by atoms with Gasteiger partial charge in [-0.3, -0.25) is 0 Å². The van der Waals surface area contributed by atoms with Crippen molar-refractivity contribution < 1.29 is 14.6 Å². The molecule has 1 saturated heterocycles. The molecule has 102 valence electrons. The van der Waals surface area contributed by atoms with E-state index in [0.717, 1.165) is 6.42 Å². The van der Waals surface area contributed by atoms with E-state index in [1.54, 1.807) is 0 Å². The van der Waals surface area contributed by atoms with Gasteiger partial charge in [-0.2, -0.15) is 0 Å². The molecular weight excluding hydrogens is 242 g/mol. The second-order valence-corrected chi connectivity index (χ2v) is 5.35. The molecule has 1 spiro atoms. The van der Waals surface area contributed by atoms with Gasteiger partial charge in [-0.15, -0.1) is 0 Å². The van der Waals surface area contributed by atoms with Crippen LogP contribution < -0.4 is 5.11 Å². The number of ether oxygens (including phenoxy) is 1. The van der Waals surface area contributed by atoms with Gasteiger partial charge in [0.25, 0.3) is 0 Å². The van der Waals surface area contributed by atoms with Crippen LogP contribution in [-0.4, -0.2) is 24.1 Å². The molecule has 4 nitrogen and oxygen atoms in total. The molecule has 0 N–H and O–H groups in total. The molecule has 0 radical (unpaired) electrons. The van der Waals surface area contributed by atoms with E-state index in [0.29, 0.717) is 25.9 Å². The molecule has 1 atom stereocenters. The van der Waals surface area contributed by atoms with E-state index in [2.05, 4.69) is 19.1 Å². The number of fused-ring (bicyclic) bond motifs is 2. The fraction of sp³-hybridized carbons (Fsp3) is 0.533. The van der Waals surface area contributed by atoms with Crippen molar-refractivity contribution in [2.24, 2.45) is 0 Å². The van der Waals surface area contributed by atoms with Crippen LogP contribution in [0.15, 0.2) is 24.3 Å². The molecule has 1 amide bonds. The lowest BCUT2D eigenvalue weighted by Gasteiger charge is -2.40. The zero-order chi connectivity index (χ0) is 13.5. The molecule has 0 aromatic heterocycles. The van der Waals surface area contributed by atoms with Gasteiger partial charge in [-0.1, -0.05) is 31.2 Å². The average molecular weight is 260 g/mol. The molecule has 3 rings (SSSR count). The van der Waals surface area contributed by atoms with Gasteiger partial charge < -0.3 is 19.5 Å². The van der Waals surface area contributed by atoms with Gasteiger partial charge in [0.2, 0.25) is 0 Å². The number of piperidine rings is 1. The highest BCUT2D eigenvalue weighted by Gasteiger charge is 2.45. The molecule has 4 heteroatoms. The van der Waals surface area contributed by atoms with Gasteiger partial charge >= 0.3 is 0 Å². The van der Waals surface area contributed by atoms with Crippen molar-refractivity contribution in [3.8, 4) is 0 Å². The van der Waals surface area contributed by atoms with Crippen molar-refractivity contribution in [2.75, 3.05) is 13.1 Å². The number of carbonyl (C=O) groups excluding carboxylic acids is 1. The van der Waals surface area contributed by atoms with Crippen molar-refractivity contribution in [2.45, 2.75) is 37.9 Å². The van der Waals surface area contributed by atoms with E-state index in [-0.39, 0.29) is 11.7 Å². The molecule has 2 aliphatic heterocycles. The monoisotopic (exact) mass is 260 g/mol. The molecule has 1 aromatic carbocycles. The number of amides is 1. The number of hydrogen-bond donors (Lipinski definition) is 0. The van der Waals surface area contributed by atoms with E-state index in [4.69, 9.17) is 4.74 Å². The quantitative estimate of drug-likeness (QED) is 0.773. The Labute approximate surface area is 113 Å². The van der Waals surface area contributed by atoms with E-state index in [1.165, 1.54) is 16.0 Å². The van der Waals surface area contributed by atoms with Crippen LogP contribution in [0.25, 0.3) is 0 Å². The van der Waals surface area contributed by atoms with Crippen molar-refractivity contribution in [3.05, 3.63) is 35.4 Å². The highest BCUT2D eigenvalue weighted by Crippen LogP contribution is 2.50. The Hall–Kier alpha value is -1.55. The minimum atomic E-state index is -1.08. The number of carbonyl (C=O) groups is 1. The van der Waals surface area contributed by atoms with Gasteiger partial charge in [0.1, 0.15) is 6.09 Å². The van der Waals surface area contributed by atoms with Crippen LogP contribution in [0.4, 0.5) is 4.79 Å². The second-order valence-electron chi connectivity index (χ2n) is 5.35. The first-order valence-corrected chi connectivity index (χ1v) is 6.89. The van der Waals surface area contributed by atoms with Crippen LogP contribution in [0.1, 0.15) is 43.4 Å². The molecule has 1 fully saturated rings. The Morgan fingerprint density at radius 2 is 2.11 bits per heavy atom. The fourth-order valence-electron chi connectivity index (χ4n) is 3.33. The minimum Gasteiger partial charge on any atom is -0.530 e. The molecule has 2 aliphatic rings. The van der Waals surface area contributed by atoms with Crippen LogP contribution >= 0.6 is 0 Å². The summed E-state index contributed by atoms with van der Waals surface area (Å²) in [5.74, 6) is 0. The molecule has 0 bridgehead atoms. The van der Waals surface area contributed by atoms with Crippen LogP contribution in [0.2, 0.25) is 0 Å². The number of benzene rings is 1. The molecule has 1 aromatic rings. The Balaban J connectivity index is 1.89. The van der Waals surface area contributed by atoms with E-state index in [1.807, 2.05) is 12.1 Å². The maximum atomic E-state index is 10.9. The third-order valence-electron chi connectivity index (χ3n) is 4.37. The standard InChI is InChI=1S/C15H19NO3/c1-2-13-11-5-3-4-6-12(11)15(19-13)7-9-16(10-8-15)14(17)18/h3-6,13H,2,7-10H2,1H3,(H,17,18)/p-1. The first kappa shape index (κ1) is 12.5. The molecule has 1 unspecified atom stereocenters. The summed E-state index contributed by atoms with van der Waals surface area (Å²) in [6.45, 7) is 3.11. The maximum Gasteiger partial charge on any atom is 0.136 e. The van der Waals surface area contributed by atoms with E-state index in [9.17, 15) is 9.90 Å². The van der Waals surface area contributed by atoms with E-state index < -0.39 is 6.09 Å². The molecular formula is C15H18NO3-. The van der Waals surface area contributed by atoms with Crippen LogP contribution in [0, 0.1) is 0 Å². The highest BCUT2D eigenvalue weighted by atomic mass is 16.5. The van der Waals surface area contributed by atoms with Crippen LogP contribution in [0.3, 0.4) is 0 Å². The summed E-state index contributed by atoms with van der Waals surface area (Å²) in [5, 5.41) is 10.9. The molecule has 2 heterocycles. The highest BCUT2D eigenvalue weighted by molar-refractivity contribution is 5.62. The van der Waals surface area contributed by atoms with Gasteiger partial charge in [-0.25, -0.2) is 0 Å². The third-order valence-corrected chi connectivity index (χ3v) is 4.37. The first-order valence-electron chi connectivity index (χ1n) is 6.89. The largest absolute Gasteiger partial charge is 0.530 e. The van der Waals surface area contributed by atoms with E-state index >= 15 is 0 Å². The lowest BCUT2D eigenvalue weighted by molar-refractivity contribution is -0.268. The predicted octanol–water partition coefficient (Wildman–Crippen LogP) is 1.80. The third kappa shape index (κ3) is 1.91. The van der Waals surface area contributed by atoms with Crippen molar-refractivity contribution in [1.82, 2.24) is 4.90 Å². The van der Waals surface area contributed by atoms with Crippen LogP contribution in [-0.2, 0) is 10.3 Å². The number of hydrogen-bond acceptors (Lipinski definition) is 3. The zero-order valence-corrected chi connectivity index (χ0v) is 11.1. The number of likely N-dealkylation sites (tertiary alicyclic amines) is 1. The number of rotatable bonds is 1. The Bertz CT molecular complexity index is 492. The summed E-state index contributed by atoms with van der Waals surface area (Å²) in [4.78, 5) is 12.3. The lowest BCUT2D eigenvalue weighted by atomic mass is 9.83. The fourth-order valence-corrected chi connectivity index (χ4v) is 3.33. The molecule has 19 heavy (non-hydrogen) atoms. The topological polar surface area (TPSA) is 52.6 Å². The Morgan fingerprint density at radius 3 is 2.74 bits per heavy atom. The lowest BCUT2D eigenvalue weighted by Crippen LogP contribution is -2.49. The summed E-state index contributed by atoms with van der Waals surface area (Å²) in [6, 6.07) is 8.33. The number of carboxylic acid groups (broad SMARTS) is 1. The average Bonchev–Trinajstić information content (AvgIpc) is 2.74. The zero-order valence-electron chi connectivity index (χ0n) is 11.1.